The molecule has 2 N–H and O–H groups in total. The first-order chi connectivity index (χ1) is 17.5. The molecular weight excluding hydrogens is 478 g/mol. The molecule has 0 aliphatic heterocycles. The Morgan fingerprint density at radius 2 is 1.61 bits per heavy atom. The van der Waals surface area contributed by atoms with Crippen molar-refractivity contribution in [3.63, 3.8) is 0 Å². The van der Waals surface area contributed by atoms with Gasteiger partial charge in [-0.25, -0.2) is 10.2 Å². The first-order valence-electron chi connectivity index (χ1n) is 11.2. The second-order valence-electron chi connectivity index (χ2n) is 7.77. The number of anilines is 1. The molecule has 0 atom stereocenters. The van der Waals surface area contributed by atoms with Crippen LogP contribution in [-0.2, 0) is 16.0 Å². The van der Waals surface area contributed by atoms with Gasteiger partial charge in [-0.1, -0.05) is 73.1 Å². The maximum absolute atomic E-state index is 12.7. The van der Waals surface area contributed by atoms with Gasteiger partial charge < -0.3 is 10.1 Å². The molecule has 0 aliphatic rings. The van der Waals surface area contributed by atoms with E-state index in [1.807, 2.05) is 43.3 Å². The van der Waals surface area contributed by atoms with Crippen molar-refractivity contribution in [1.29, 1.82) is 0 Å². The highest BCUT2D eigenvalue weighted by Gasteiger charge is 2.16. The number of rotatable bonds is 6. The fraction of sp³-hybridized carbons (Fsp3) is 0.0714. The van der Waals surface area contributed by atoms with Gasteiger partial charge in [0.05, 0.1) is 16.8 Å². The smallest absolute Gasteiger partial charge is 0.345 e. The van der Waals surface area contributed by atoms with E-state index in [-0.39, 0.29) is 16.3 Å². The largest absolute Gasteiger partial charge is 0.422 e. The van der Waals surface area contributed by atoms with Crippen molar-refractivity contribution in [2.24, 2.45) is 5.10 Å². The summed E-state index contributed by atoms with van der Waals surface area (Å²) in [6, 6.07) is 24.6. The second kappa shape index (κ2) is 11.3. The Balaban J connectivity index is 1.52. The summed E-state index contributed by atoms with van der Waals surface area (Å²) in [7, 11) is 0. The zero-order valence-electron chi connectivity index (χ0n) is 19.3. The summed E-state index contributed by atoms with van der Waals surface area (Å²) >= 11 is 6.13. The number of carbonyl (C=O) groups excluding carboxylic acids is 3. The van der Waals surface area contributed by atoms with Crippen molar-refractivity contribution >= 4 is 52.1 Å². The van der Waals surface area contributed by atoms with Gasteiger partial charge in [0.25, 0.3) is 0 Å². The molecule has 2 amide bonds. The van der Waals surface area contributed by atoms with Gasteiger partial charge in [-0.05, 0) is 53.1 Å². The highest BCUT2D eigenvalue weighted by molar-refractivity contribution is 6.39. The summed E-state index contributed by atoms with van der Waals surface area (Å²) in [6.45, 7) is 2.03. The van der Waals surface area contributed by atoms with Crippen LogP contribution in [0, 0.1) is 0 Å². The Morgan fingerprint density at radius 1 is 0.889 bits per heavy atom. The standard InChI is InChI=1S/C28H22ClN3O4/c1-2-18-11-14-20(15-12-18)31-26(33)27(34)32-30-17-23-21-8-4-3-7-19(21)13-16-25(23)36-28(35)22-9-5-6-10-24(22)29/h3-17H,2H2,1H3,(H,31,33)(H,32,34)/b30-17+. The summed E-state index contributed by atoms with van der Waals surface area (Å²) in [5.74, 6) is -2.22. The number of ether oxygens (including phenoxy) is 1. The molecule has 0 saturated heterocycles. The number of nitrogens with one attached hydrogen (secondary N) is 2. The van der Waals surface area contributed by atoms with Gasteiger partial charge in [0, 0.05) is 11.3 Å². The summed E-state index contributed by atoms with van der Waals surface area (Å²) < 4.78 is 5.62. The zero-order chi connectivity index (χ0) is 25.5. The summed E-state index contributed by atoms with van der Waals surface area (Å²) in [5, 5.41) is 8.34. The molecule has 7 nitrogen and oxygen atoms in total. The lowest BCUT2D eigenvalue weighted by atomic mass is 10.0. The fourth-order valence-corrected chi connectivity index (χ4v) is 3.71. The molecule has 8 heteroatoms. The molecule has 0 unspecified atom stereocenters. The van der Waals surface area contributed by atoms with Crippen molar-refractivity contribution in [3.8, 4) is 5.75 Å². The van der Waals surface area contributed by atoms with E-state index >= 15 is 0 Å². The summed E-state index contributed by atoms with van der Waals surface area (Å²) in [4.78, 5) is 37.3. The summed E-state index contributed by atoms with van der Waals surface area (Å²) in [5.41, 5.74) is 4.49. The number of hydrogen-bond acceptors (Lipinski definition) is 5. The van der Waals surface area contributed by atoms with Gasteiger partial charge in [0.1, 0.15) is 5.75 Å². The number of hydrazone groups is 1. The van der Waals surface area contributed by atoms with E-state index in [1.165, 1.54) is 6.21 Å². The van der Waals surface area contributed by atoms with Crippen LogP contribution in [0.5, 0.6) is 5.75 Å². The molecular formula is C28H22ClN3O4. The minimum atomic E-state index is -0.944. The normalized spacial score (nSPS) is 10.8. The Hall–Kier alpha value is -4.49. The summed E-state index contributed by atoms with van der Waals surface area (Å²) in [6.07, 6.45) is 2.20. The van der Waals surface area contributed by atoms with Gasteiger partial charge in [-0.2, -0.15) is 5.10 Å². The number of nitrogens with zero attached hydrogens (tertiary/aromatic N) is 1. The van der Waals surface area contributed by atoms with E-state index in [1.54, 1.807) is 48.5 Å². The van der Waals surface area contributed by atoms with Crippen LogP contribution in [0.25, 0.3) is 10.8 Å². The molecule has 0 saturated carbocycles. The van der Waals surface area contributed by atoms with Crippen LogP contribution < -0.4 is 15.5 Å². The zero-order valence-corrected chi connectivity index (χ0v) is 20.1. The Labute approximate surface area is 212 Å². The maximum Gasteiger partial charge on any atom is 0.345 e. The Kier molecular flexibility index (Phi) is 7.72. The van der Waals surface area contributed by atoms with E-state index < -0.39 is 17.8 Å². The number of esters is 1. The molecule has 36 heavy (non-hydrogen) atoms. The molecule has 0 radical (unpaired) electrons. The van der Waals surface area contributed by atoms with Gasteiger partial charge in [-0.3, -0.25) is 9.59 Å². The lowest BCUT2D eigenvalue weighted by Gasteiger charge is -2.11. The van der Waals surface area contributed by atoms with Crippen LogP contribution in [0.1, 0.15) is 28.4 Å². The average Bonchev–Trinajstić information content (AvgIpc) is 2.90. The van der Waals surface area contributed by atoms with E-state index in [0.29, 0.717) is 11.3 Å². The van der Waals surface area contributed by atoms with Crippen LogP contribution in [0.15, 0.2) is 90.0 Å². The Morgan fingerprint density at radius 3 is 2.36 bits per heavy atom. The van der Waals surface area contributed by atoms with Crippen LogP contribution in [0.4, 0.5) is 5.69 Å². The number of fused-ring (bicyclic) bond motifs is 1. The van der Waals surface area contributed by atoms with E-state index in [4.69, 9.17) is 16.3 Å². The van der Waals surface area contributed by atoms with Crippen molar-refractivity contribution in [2.45, 2.75) is 13.3 Å². The van der Waals surface area contributed by atoms with Crippen molar-refractivity contribution in [3.05, 3.63) is 107 Å². The van der Waals surface area contributed by atoms with E-state index in [9.17, 15) is 14.4 Å². The molecule has 0 fully saturated rings. The first-order valence-corrected chi connectivity index (χ1v) is 11.6. The Bertz CT molecular complexity index is 1470. The van der Waals surface area contributed by atoms with Crippen molar-refractivity contribution < 1.29 is 19.1 Å². The third kappa shape index (κ3) is 5.76. The lowest BCUT2D eigenvalue weighted by molar-refractivity contribution is -0.136. The molecule has 0 aliphatic carbocycles. The molecule has 0 aromatic heterocycles. The van der Waals surface area contributed by atoms with Gasteiger partial charge >= 0.3 is 17.8 Å². The topological polar surface area (TPSA) is 96.9 Å². The number of hydrogen-bond donors (Lipinski definition) is 2. The fourth-order valence-electron chi connectivity index (χ4n) is 3.50. The minimum absolute atomic E-state index is 0.215. The van der Waals surface area contributed by atoms with E-state index in [0.717, 1.165) is 22.8 Å². The molecule has 180 valence electrons. The monoisotopic (exact) mass is 499 g/mol. The SMILES string of the molecule is CCc1ccc(NC(=O)C(=O)N/N=C/c2c(OC(=O)c3ccccc3Cl)ccc3ccccc23)cc1. The van der Waals surface area contributed by atoms with Gasteiger partial charge in [-0.15, -0.1) is 0 Å². The molecule has 4 rings (SSSR count). The highest BCUT2D eigenvalue weighted by atomic mass is 35.5. The van der Waals surface area contributed by atoms with Crippen LogP contribution in [0.3, 0.4) is 0 Å². The third-order valence-corrected chi connectivity index (χ3v) is 5.74. The number of amides is 2. The highest BCUT2D eigenvalue weighted by Crippen LogP contribution is 2.28. The number of aryl methyl sites for hydroxylation is 1. The van der Waals surface area contributed by atoms with Gasteiger partial charge in [0.2, 0.25) is 0 Å². The predicted molar refractivity (Wildman–Crippen MR) is 141 cm³/mol. The van der Waals surface area contributed by atoms with Crippen LogP contribution in [0.2, 0.25) is 5.02 Å². The number of halogens is 1. The number of carbonyl (C=O) groups is 3. The van der Waals surface area contributed by atoms with Crippen LogP contribution >= 0.6 is 11.6 Å². The van der Waals surface area contributed by atoms with Crippen molar-refractivity contribution in [2.75, 3.05) is 5.32 Å². The third-order valence-electron chi connectivity index (χ3n) is 5.41. The quantitative estimate of drug-likeness (QED) is 0.123. The second-order valence-corrected chi connectivity index (χ2v) is 8.18. The van der Waals surface area contributed by atoms with Crippen LogP contribution in [-0.4, -0.2) is 24.0 Å². The average molecular weight is 500 g/mol. The molecule has 0 bridgehead atoms. The molecule has 4 aromatic carbocycles. The predicted octanol–water partition coefficient (Wildman–Crippen LogP) is 5.36. The van der Waals surface area contributed by atoms with Gasteiger partial charge in [0.15, 0.2) is 0 Å². The molecule has 4 aromatic rings. The lowest BCUT2D eigenvalue weighted by Crippen LogP contribution is -2.32. The van der Waals surface area contributed by atoms with Crippen molar-refractivity contribution in [1.82, 2.24) is 5.43 Å². The maximum atomic E-state index is 12.7. The minimum Gasteiger partial charge on any atom is -0.422 e. The molecule has 0 heterocycles. The first kappa shape index (κ1) is 24.6. The van der Waals surface area contributed by atoms with E-state index in [2.05, 4.69) is 15.8 Å². The number of benzene rings is 4. The molecule has 0 spiro atoms.